The van der Waals surface area contributed by atoms with Gasteiger partial charge < -0.3 is 9.84 Å². The smallest absolute Gasteiger partial charge is 0.317 e. The summed E-state index contributed by atoms with van der Waals surface area (Å²) in [5.74, 6) is -0.260. The van der Waals surface area contributed by atoms with Crippen LogP contribution in [0.1, 0.15) is 24.9 Å². The SMILES string of the molecule is CCCOc1cccc(C(C#N)N(C)CC(=O)O)c1. The number of rotatable bonds is 7. The van der Waals surface area contributed by atoms with Crippen molar-refractivity contribution in [3.63, 3.8) is 0 Å². The molecule has 0 bridgehead atoms. The average molecular weight is 262 g/mol. The van der Waals surface area contributed by atoms with Gasteiger partial charge in [-0.3, -0.25) is 9.69 Å². The number of carboxylic acid groups (broad SMARTS) is 1. The summed E-state index contributed by atoms with van der Waals surface area (Å²) < 4.78 is 5.51. The molecule has 0 spiro atoms. The summed E-state index contributed by atoms with van der Waals surface area (Å²) in [5.41, 5.74) is 0.736. The predicted octanol–water partition coefficient (Wildman–Crippen LogP) is 2.06. The highest BCUT2D eigenvalue weighted by molar-refractivity contribution is 5.69. The van der Waals surface area contributed by atoms with E-state index in [1.54, 1.807) is 25.2 Å². The number of carboxylic acids is 1. The maximum absolute atomic E-state index is 10.7. The van der Waals surface area contributed by atoms with E-state index < -0.39 is 12.0 Å². The second-order valence-electron chi connectivity index (χ2n) is 4.26. The van der Waals surface area contributed by atoms with Gasteiger partial charge in [-0.25, -0.2) is 0 Å². The van der Waals surface area contributed by atoms with Gasteiger partial charge in [-0.2, -0.15) is 5.26 Å². The van der Waals surface area contributed by atoms with Crippen LogP contribution in [0.2, 0.25) is 0 Å². The summed E-state index contributed by atoms with van der Waals surface area (Å²) in [4.78, 5) is 12.2. The molecule has 1 atom stereocenters. The molecule has 0 saturated heterocycles. The number of nitrogens with zero attached hydrogens (tertiary/aromatic N) is 2. The van der Waals surface area contributed by atoms with E-state index in [1.807, 2.05) is 13.0 Å². The lowest BCUT2D eigenvalue weighted by molar-refractivity contribution is -0.138. The Morgan fingerprint density at radius 3 is 2.89 bits per heavy atom. The minimum Gasteiger partial charge on any atom is -0.494 e. The van der Waals surface area contributed by atoms with Gasteiger partial charge in [0, 0.05) is 0 Å². The van der Waals surface area contributed by atoms with Gasteiger partial charge in [-0.15, -0.1) is 0 Å². The highest BCUT2D eigenvalue weighted by atomic mass is 16.5. The van der Waals surface area contributed by atoms with E-state index in [0.29, 0.717) is 12.4 Å². The van der Waals surface area contributed by atoms with Gasteiger partial charge >= 0.3 is 5.97 Å². The fourth-order valence-electron chi connectivity index (χ4n) is 1.73. The molecule has 0 aliphatic carbocycles. The van der Waals surface area contributed by atoms with Crippen molar-refractivity contribution in [2.45, 2.75) is 19.4 Å². The largest absolute Gasteiger partial charge is 0.494 e. The van der Waals surface area contributed by atoms with Crippen LogP contribution in [0.25, 0.3) is 0 Å². The zero-order valence-electron chi connectivity index (χ0n) is 11.2. The molecular weight excluding hydrogens is 244 g/mol. The van der Waals surface area contributed by atoms with E-state index in [4.69, 9.17) is 9.84 Å². The zero-order chi connectivity index (χ0) is 14.3. The first-order valence-electron chi connectivity index (χ1n) is 6.13. The highest BCUT2D eigenvalue weighted by Gasteiger charge is 2.18. The molecule has 0 aliphatic heterocycles. The Balaban J connectivity index is 2.86. The Hall–Kier alpha value is -2.06. The third-order valence-electron chi connectivity index (χ3n) is 2.59. The average Bonchev–Trinajstić information content (AvgIpc) is 2.37. The summed E-state index contributed by atoms with van der Waals surface area (Å²) in [5, 5.41) is 18.0. The van der Waals surface area contributed by atoms with Gasteiger partial charge in [0.2, 0.25) is 0 Å². The maximum Gasteiger partial charge on any atom is 0.317 e. The van der Waals surface area contributed by atoms with Crippen molar-refractivity contribution in [2.24, 2.45) is 0 Å². The van der Waals surface area contributed by atoms with Gasteiger partial charge in [0.15, 0.2) is 0 Å². The molecule has 0 saturated carbocycles. The molecule has 0 aromatic heterocycles. The summed E-state index contributed by atoms with van der Waals surface area (Å²) in [6.07, 6.45) is 0.908. The Bertz CT molecular complexity index is 468. The van der Waals surface area contributed by atoms with Crippen LogP contribution in [0.4, 0.5) is 0 Å². The number of carbonyl (C=O) groups is 1. The Morgan fingerprint density at radius 1 is 1.58 bits per heavy atom. The van der Waals surface area contributed by atoms with E-state index in [2.05, 4.69) is 6.07 Å². The van der Waals surface area contributed by atoms with Crippen LogP contribution in [0.15, 0.2) is 24.3 Å². The third-order valence-corrected chi connectivity index (χ3v) is 2.59. The Kier molecular flexibility index (Phi) is 5.83. The lowest BCUT2D eigenvalue weighted by Gasteiger charge is -2.21. The number of likely N-dealkylation sites (N-methyl/N-ethyl adjacent to an activating group) is 1. The molecule has 1 aromatic carbocycles. The fourth-order valence-corrected chi connectivity index (χ4v) is 1.73. The standard InChI is InChI=1S/C14H18N2O3/c1-3-7-19-12-6-4-5-11(8-12)13(9-15)16(2)10-14(17)18/h4-6,8,13H,3,7,10H2,1-2H3,(H,17,18). The Labute approximate surface area is 113 Å². The van der Waals surface area contributed by atoms with E-state index in [0.717, 1.165) is 12.0 Å². The van der Waals surface area contributed by atoms with Crippen LogP contribution in [0.3, 0.4) is 0 Å². The monoisotopic (exact) mass is 262 g/mol. The molecule has 0 aliphatic rings. The molecule has 19 heavy (non-hydrogen) atoms. The molecule has 0 fully saturated rings. The minimum atomic E-state index is -0.957. The topological polar surface area (TPSA) is 73.6 Å². The third kappa shape index (κ3) is 4.60. The van der Waals surface area contributed by atoms with Gasteiger partial charge in [-0.05, 0) is 31.2 Å². The number of benzene rings is 1. The first-order valence-corrected chi connectivity index (χ1v) is 6.13. The summed E-state index contributed by atoms with van der Waals surface area (Å²) in [6.45, 7) is 2.45. The molecule has 1 rings (SSSR count). The number of aliphatic carboxylic acids is 1. The van der Waals surface area contributed by atoms with Gasteiger partial charge in [-0.1, -0.05) is 19.1 Å². The van der Waals surface area contributed by atoms with Crippen molar-refractivity contribution in [1.29, 1.82) is 5.26 Å². The first-order chi connectivity index (χ1) is 9.08. The molecule has 5 heteroatoms. The summed E-state index contributed by atoms with van der Waals surface area (Å²) >= 11 is 0. The number of hydrogen-bond donors (Lipinski definition) is 1. The van der Waals surface area contributed by atoms with Crippen molar-refractivity contribution in [3.05, 3.63) is 29.8 Å². The van der Waals surface area contributed by atoms with Crippen LogP contribution in [-0.2, 0) is 4.79 Å². The van der Waals surface area contributed by atoms with Crippen molar-refractivity contribution in [2.75, 3.05) is 20.2 Å². The van der Waals surface area contributed by atoms with E-state index in [-0.39, 0.29) is 6.54 Å². The Morgan fingerprint density at radius 2 is 2.32 bits per heavy atom. The summed E-state index contributed by atoms with van der Waals surface area (Å²) in [6, 6.07) is 8.72. The maximum atomic E-state index is 10.7. The van der Waals surface area contributed by atoms with Crippen LogP contribution < -0.4 is 4.74 Å². The normalized spacial score (nSPS) is 11.9. The first kappa shape index (κ1) is 15.0. The molecular formula is C14H18N2O3. The van der Waals surface area contributed by atoms with Gasteiger partial charge in [0.05, 0.1) is 19.2 Å². The van der Waals surface area contributed by atoms with Crippen molar-refractivity contribution < 1.29 is 14.6 Å². The lowest BCUT2D eigenvalue weighted by atomic mass is 10.1. The zero-order valence-corrected chi connectivity index (χ0v) is 11.2. The highest BCUT2D eigenvalue weighted by Crippen LogP contribution is 2.23. The molecule has 1 N–H and O–H groups in total. The fraction of sp³-hybridized carbons (Fsp3) is 0.429. The lowest BCUT2D eigenvalue weighted by Crippen LogP contribution is -2.29. The van der Waals surface area contributed by atoms with Gasteiger partial charge in [0.25, 0.3) is 0 Å². The van der Waals surface area contributed by atoms with E-state index >= 15 is 0 Å². The molecule has 0 amide bonds. The van der Waals surface area contributed by atoms with Crippen molar-refractivity contribution in [3.8, 4) is 11.8 Å². The quantitative estimate of drug-likeness (QED) is 0.814. The molecule has 5 nitrogen and oxygen atoms in total. The van der Waals surface area contributed by atoms with Crippen LogP contribution in [0.5, 0.6) is 5.75 Å². The van der Waals surface area contributed by atoms with Crippen LogP contribution in [0, 0.1) is 11.3 Å². The molecule has 0 heterocycles. The van der Waals surface area contributed by atoms with Crippen LogP contribution in [-0.4, -0.2) is 36.2 Å². The summed E-state index contributed by atoms with van der Waals surface area (Å²) in [7, 11) is 1.61. The number of nitriles is 1. The van der Waals surface area contributed by atoms with E-state index in [1.165, 1.54) is 4.90 Å². The van der Waals surface area contributed by atoms with E-state index in [9.17, 15) is 10.1 Å². The minimum absolute atomic E-state index is 0.182. The van der Waals surface area contributed by atoms with Crippen molar-refractivity contribution in [1.82, 2.24) is 4.90 Å². The van der Waals surface area contributed by atoms with Crippen molar-refractivity contribution >= 4 is 5.97 Å². The molecule has 0 radical (unpaired) electrons. The number of hydrogen-bond acceptors (Lipinski definition) is 4. The molecule has 1 unspecified atom stereocenters. The molecule has 102 valence electrons. The second-order valence-corrected chi connectivity index (χ2v) is 4.26. The number of ether oxygens (including phenoxy) is 1. The van der Waals surface area contributed by atoms with Gasteiger partial charge in [0.1, 0.15) is 11.8 Å². The second kappa shape index (κ2) is 7.39. The predicted molar refractivity (Wildman–Crippen MR) is 70.8 cm³/mol. The molecule has 1 aromatic rings. The van der Waals surface area contributed by atoms with Crippen LogP contribution >= 0.6 is 0 Å².